The van der Waals surface area contributed by atoms with Gasteiger partial charge in [-0.2, -0.15) is 0 Å². The molecular formula is C16H13N4W-. The average Bonchev–Trinajstić information content (AvgIpc) is 2.95. The van der Waals surface area contributed by atoms with E-state index in [-0.39, 0.29) is 21.1 Å². The smallest absolute Gasteiger partial charge is 0.0443 e. The number of rotatable bonds is 0. The average molecular weight is 445 g/mol. The third-order valence-electron chi connectivity index (χ3n) is 3.76. The van der Waals surface area contributed by atoms with Crippen LogP contribution >= 0.6 is 0 Å². The van der Waals surface area contributed by atoms with Gasteiger partial charge in [0, 0.05) is 45.9 Å². The summed E-state index contributed by atoms with van der Waals surface area (Å²) in [4.78, 5) is 2.24. The molecule has 1 aliphatic rings. The Kier molecular flexibility index (Phi) is 3.64. The van der Waals surface area contributed by atoms with Crippen LogP contribution in [0.2, 0.25) is 0 Å². The summed E-state index contributed by atoms with van der Waals surface area (Å²) >= 11 is 0. The second-order valence-electron chi connectivity index (χ2n) is 5.02. The Labute approximate surface area is 137 Å². The minimum absolute atomic E-state index is 0. The molecule has 0 atom stereocenters. The quantitative estimate of drug-likeness (QED) is 0.534. The van der Waals surface area contributed by atoms with Crippen molar-refractivity contribution >= 4 is 5.69 Å². The van der Waals surface area contributed by atoms with Crippen LogP contribution in [0.1, 0.15) is 5.56 Å². The molecule has 2 aromatic carbocycles. The van der Waals surface area contributed by atoms with Crippen LogP contribution in [0.25, 0.3) is 22.5 Å². The second-order valence-corrected chi connectivity index (χ2v) is 5.02. The Morgan fingerprint density at radius 2 is 1.71 bits per heavy atom. The van der Waals surface area contributed by atoms with Gasteiger partial charge in [0.1, 0.15) is 0 Å². The van der Waals surface area contributed by atoms with Crippen LogP contribution in [-0.2, 0) is 27.6 Å². The van der Waals surface area contributed by atoms with Crippen molar-refractivity contribution < 1.29 is 21.1 Å². The molecule has 104 valence electrons. The Morgan fingerprint density at radius 1 is 1.00 bits per heavy atom. The molecule has 0 saturated heterocycles. The number of hydrogen-bond donors (Lipinski definition) is 0. The number of fused-ring (bicyclic) bond motifs is 5. The normalized spacial score (nSPS) is 12.3. The fourth-order valence-corrected chi connectivity index (χ4v) is 2.81. The molecular weight excluding hydrogens is 432 g/mol. The molecule has 1 aliphatic heterocycles. The third kappa shape index (κ3) is 2.20. The van der Waals surface area contributed by atoms with Crippen molar-refractivity contribution in [3.8, 4) is 22.5 Å². The first-order chi connectivity index (χ1) is 9.84. The molecule has 2 heterocycles. The summed E-state index contributed by atoms with van der Waals surface area (Å²) < 4.78 is 0. The Morgan fingerprint density at radius 3 is 2.57 bits per heavy atom. The minimum Gasteiger partial charge on any atom is -0.370 e. The maximum absolute atomic E-state index is 4.25. The zero-order valence-corrected chi connectivity index (χ0v) is 14.5. The van der Waals surface area contributed by atoms with Crippen molar-refractivity contribution in [2.24, 2.45) is 0 Å². The van der Waals surface area contributed by atoms with Crippen LogP contribution in [0.15, 0.2) is 48.5 Å². The van der Waals surface area contributed by atoms with E-state index in [1.165, 1.54) is 5.56 Å². The number of anilines is 1. The molecule has 3 aromatic rings. The van der Waals surface area contributed by atoms with Crippen molar-refractivity contribution in [3.05, 3.63) is 54.1 Å². The summed E-state index contributed by atoms with van der Waals surface area (Å²) in [5.41, 5.74) is 6.35. The predicted octanol–water partition coefficient (Wildman–Crippen LogP) is 2.72. The van der Waals surface area contributed by atoms with E-state index in [1.807, 2.05) is 18.2 Å². The molecule has 0 aliphatic carbocycles. The molecule has 4 rings (SSSR count). The van der Waals surface area contributed by atoms with Crippen molar-refractivity contribution in [2.75, 3.05) is 11.9 Å². The van der Waals surface area contributed by atoms with Gasteiger partial charge in [-0.25, -0.2) is 0 Å². The topological polar surface area (TPSA) is 43.1 Å². The van der Waals surface area contributed by atoms with Gasteiger partial charge in [-0.05, 0) is 28.6 Å². The molecule has 0 bridgehead atoms. The van der Waals surface area contributed by atoms with Crippen LogP contribution in [-0.4, -0.2) is 17.4 Å². The zero-order valence-electron chi connectivity index (χ0n) is 11.5. The van der Waals surface area contributed by atoms with Crippen LogP contribution in [0.3, 0.4) is 0 Å². The van der Waals surface area contributed by atoms with E-state index in [9.17, 15) is 0 Å². The summed E-state index contributed by atoms with van der Waals surface area (Å²) in [7, 11) is 2.10. The summed E-state index contributed by atoms with van der Waals surface area (Å²) in [6, 6.07) is 16.6. The maximum atomic E-state index is 4.25. The molecule has 0 amide bonds. The Bertz CT molecular complexity index is 781. The van der Waals surface area contributed by atoms with Gasteiger partial charge < -0.3 is 15.1 Å². The first kappa shape index (κ1) is 14.0. The van der Waals surface area contributed by atoms with Gasteiger partial charge in [-0.1, -0.05) is 42.5 Å². The van der Waals surface area contributed by atoms with Gasteiger partial charge in [-0.3, -0.25) is 5.21 Å². The van der Waals surface area contributed by atoms with Crippen molar-refractivity contribution in [2.45, 2.75) is 6.54 Å². The number of benzene rings is 2. The van der Waals surface area contributed by atoms with Gasteiger partial charge in [0.25, 0.3) is 0 Å². The van der Waals surface area contributed by atoms with Gasteiger partial charge in [0.15, 0.2) is 0 Å². The summed E-state index contributed by atoms with van der Waals surface area (Å²) in [5.74, 6) is 0. The molecule has 5 heteroatoms. The zero-order chi connectivity index (χ0) is 13.5. The standard InChI is InChI=1S/C16H13N4.W/c1-20-10-11-6-2-3-7-12(11)15-16(18-19-17-15)13-8-4-5-9-14(13)20;/h2-9H,10H2,1H3;/q-1;. The molecule has 1 aromatic heterocycles. The van der Waals surface area contributed by atoms with E-state index in [4.69, 9.17) is 0 Å². The van der Waals surface area contributed by atoms with Gasteiger partial charge in [0.2, 0.25) is 0 Å². The van der Waals surface area contributed by atoms with Crippen molar-refractivity contribution in [1.29, 1.82) is 0 Å². The van der Waals surface area contributed by atoms with Gasteiger partial charge in [-0.15, -0.1) is 0 Å². The molecule has 0 radical (unpaired) electrons. The van der Waals surface area contributed by atoms with E-state index >= 15 is 0 Å². The molecule has 21 heavy (non-hydrogen) atoms. The molecule has 0 fully saturated rings. The molecule has 0 spiro atoms. The van der Waals surface area contributed by atoms with Crippen LogP contribution in [0.4, 0.5) is 5.69 Å². The first-order valence-corrected chi connectivity index (χ1v) is 6.59. The molecule has 4 nitrogen and oxygen atoms in total. The SMILES string of the molecule is CN1Cc2ccccc2-c2[n-]nnc2-c2ccccc21.[W]. The van der Waals surface area contributed by atoms with E-state index in [0.29, 0.717) is 0 Å². The third-order valence-corrected chi connectivity index (χ3v) is 3.76. The number of nitrogens with zero attached hydrogens (tertiary/aromatic N) is 4. The monoisotopic (exact) mass is 445 g/mol. The fourth-order valence-electron chi connectivity index (χ4n) is 2.81. The van der Waals surface area contributed by atoms with E-state index < -0.39 is 0 Å². The number of para-hydroxylation sites is 1. The summed E-state index contributed by atoms with van der Waals surface area (Å²) in [5, 5.41) is 12.4. The largest absolute Gasteiger partial charge is 0.370 e. The van der Waals surface area contributed by atoms with Crippen LogP contribution in [0, 0.1) is 0 Å². The van der Waals surface area contributed by atoms with Crippen LogP contribution in [0.5, 0.6) is 0 Å². The number of hydrogen-bond acceptors (Lipinski definition) is 3. The van der Waals surface area contributed by atoms with Crippen molar-refractivity contribution in [1.82, 2.24) is 15.4 Å². The Hall–Kier alpha value is -1.93. The molecule has 0 N–H and O–H groups in total. The van der Waals surface area contributed by atoms with Gasteiger partial charge in [0.05, 0.1) is 0 Å². The van der Waals surface area contributed by atoms with Gasteiger partial charge >= 0.3 is 0 Å². The van der Waals surface area contributed by atoms with Crippen molar-refractivity contribution in [3.63, 3.8) is 0 Å². The summed E-state index contributed by atoms with van der Waals surface area (Å²) in [6.45, 7) is 0.847. The molecule has 0 unspecified atom stereocenters. The van der Waals surface area contributed by atoms with E-state index in [0.717, 1.165) is 34.7 Å². The van der Waals surface area contributed by atoms with E-state index in [2.05, 4.69) is 57.7 Å². The van der Waals surface area contributed by atoms with E-state index in [1.54, 1.807) is 0 Å². The molecule has 0 saturated carbocycles. The predicted molar refractivity (Wildman–Crippen MR) is 78.3 cm³/mol. The fraction of sp³-hybridized carbons (Fsp3) is 0.125. The van der Waals surface area contributed by atoms with Crippen LogP contribution < -0.4 is 10.00 Å². The first-order valence-electron chi connectivity index (χ1n) is 6.59. The summed E-state index contributed by atoms with van der Waals surface area (Å²) in [6.07, 6.45) is 0. The Balaban J connectivity index is 0.00000132. The maximum Gasteiger partial charge on any atom is 0.0443 e. The minimum atomic E-state index is 0. The second kappa shape index (κ2) is 5.45. The number of aromatic nitrogens is 3.